The summed E-state index contributed by atoms with van der Waals surface area (Å²) in [5, 5.41) is 5.21. The molecule has 0 saturated carbocycles. The van der Waals surface area contributed by atoms with Gasteiger partial charge in [-0.05, 0) is 35.8 Å². The van der Waals surface area contributed by atoms with Gasteiger partial charge in [0.1, 0.15) is 0 Å². The molecular weight excluding hydrogens is 316 g/mol. The molecule has 1 fully saturated rings. The van der Waals surface area contributed by atoms with Crippen LogP contribution in [0, 0.1) is 5.92 Å². The molecule has 1 aliphatic heterocycles. The van der Waals surface area contributed by atoms with Crippen LogP contribution in [0.3, 0.4) is 0 Å². The summed E-state index contributed by atoms with van der Waals surface area (Å²) in [6.45, 7) is 3.70. The van der Waals surface area contributed by atoms with E-state index >= 15 is 0 Å². The van der Waals surface area contributed by atoms with E-state index in [0.29, 0.717) is 18.2 Å². The quantitative estimate of drug-likeness (QED) is 0.736. The SMILES string of the molecule is CC1CCCN(C(=O)c2nc(Cc3cccc4ccn(C)c34)no2)C1. The van der Waals surface area contributed by atoms with E-state index < -0.39 is 0 Å². The second-order valence-corrected chi connectivity index (χ2v) is 6.97. The van der Waals surface area contributed by atoms with Gasteiger partial charge in [-0.15, -0.1) is 0 Å². The standard InChI is InChI=1S/C19H22N4O2/c1-13-5-4-9-23(12-13)19(24)18-20-16(21-25-18)11-15-7-3-6-14-8-10-22(2)17(14)15/h3,6-8,10,13H,4-5,9,11-12H2,1-2H3. The monoisotopic (exact) mass is 338 g/mol. The zero-order chi connectivity index (χ0) is 17.4. The highest BCUT2D eigenvalue weighted by molar-refractivity contribution is 5.89. The first-order chi connectivity index (χ1) is 12.1. The molecule has 0 radical (unpaired) electrons. The number of likely N-dealkylation sites (tertiary alicyclic amines) is 1. The molecule has 1 unspecified atom stereocenters. The molecule has 0 bridgehead atoms. The Bertz CT molecular complexity index is 911. The van der Waals surface area contributed by atoms with Gasteiger partial charge in [0.2, 0.25) is 0 Å². The van der Waals surface area contributed by atoms with E-state index in [1.165, 1.54) is 11.8 Å². The summed E-state index contributed by atoms with van der Waals surface area (Å²) in [5.74, 6) is 1.02. The smallest absolute Gasteiger partial charge is 0.316 e. The number of para-hydroxylation sites is 1. The first kappa shape index (κ1) is 15.9. The predicted molar refractivity (Wildman–Crippen MR) is 94.3 cm³/mol. The molecule has 2 aromatic heterocycles. The molecule has 4 rings (SSSR count). The largest absolute Gasteiger partial charge is 0.350 e. The summed E-state index contributed by atoms with van der Waals surface area (Å²) in [7, 11) is 2.02. The number of piperidine rings is 1. The van der Waals surface area contributed by atoms with Gasteiger partial charge in [0.25, 0.3) is 0 Å². The maximum absolute atomic E-state index is 12.6. The number of carbonyl (C=O) groups is 1. The van der Waals surface area contributed by atoms with Crippen LogP contribution < -0.4 is 0 Å². The zero-order valence-electron chi connectivity index (χ0n) is 14.6. The number of nitrogens with zero attached hydrogens (tertiary/aromatic N) is 4. The second-order valence-electron chi connectivity index (χ2n) is 6.97. The number of aryl methyl sites for hydroxylation is 1. The topological polar surface area (TPSA) is 64.2 Å². The van der Waals surface area contributed by atoms with Crippen molar-refractivity contribution in [2.24, 2.45) is 13.0 Å². The van der Waals surface area contributed by atoms with E-state index in [1.54, 1.807) is 0 Å². The highest BCUT2D eigenvalue weighted by atomic mass is 16.5. The third-order valence-corrected chi connectivity index (χ3v) is 4.93. The molecule has 1 saturated heterocycles. The molecule has 1 atom stereocenters. The molecule has 3 heterocycles. The molecule has 6 nitrogen and oxygen atoms in total. The Morgan fingerprint density at radius 3 is 3.08 bits per heavy atom. The Kier molecular flexibility index (Phi) is 4.03. The fourth-order valence-corrected chi connectivity index (χ4v) is 3.68. The third-order valence-electron chi connectivity index (χ3n) is 4.93. The van der Waals surface area contributed by atoms with Crippen molar-refractivity contribution in [1.82, 2.24) is 19.6 Å². The predicted octanol–water partition coefficient (Wildman–Crippen LogP) is 3.02. The number of amides is 1. The Morgan fingerprint density at radius 2 is 2.24 bits per heavy atom. The van der Waals surface area contributed by atoms with E-state index in [1.807, 2.05) is 24.2 Å². The molecule has 6 heteroatoms. The second kappa shape index (κ2) is 6.35. The van der Waals surface area contributed by atoms with Crippen LogP contribution in [-0.2, 0) is 13.5 Å². The van der Waals surface area contributed by atoms with Crippen LogP contribution in [0.5, 0.6) is 0 Å². The number of hydrogen-bond donors (Lipinski definition) is 0. The molecule has 3 aromatic rings. The van der Waals surface area contributed by atoms with Crippen LogP contribution in [0.15, 0.2) is 35.0 Å². The molecular formula is C19H22N4O2. The lowest BCUT2D eigenvalue weighted by atomic mass is 10.0. The highest BCUT2D eigenvalue weighted by Gasteiger charge is 2.26. The third kappa shape index (κ3) is 3.04. The summed E-state index contributed by atoms with van der Waals surface area (Å²) in [5.41, 5.74) is 2.28. The van der Waals surface area contributed by atoms with Gasteiger partial charge < -0.3 is 14.0 Å². The lowest BCUT2D eigenvalue weighted by Gasteiger charge is -2.29. The van der Waals surface area contributed by atoms with E-state index in [4.69, 9.17) is 4.52 Å². The fraction of sp³-hybridized carbons (Fsp3) is 0.421. The van der Waals surface area contributed by atoms with E-state index in [2.05, 4.69) is 39.8 Å². The van der Waals surface area contributed by atoms with Crippen molar-refractivity contribution in [1.29, 1.82) is 0 Å². The lowest BCUT2D eigenvalue weighted by Crippen LogP contribution is -2.39. The van der Waals surface area contributed by atoms with Crippen molar-refractivity contribution in [2.45, 2.75) is 26.2 Å². The molecule has 0 aliphatic carbocycles. The van der Waals surface area contributed by atoms with Crippen molar-refractivity contribution in [3.05, 3.63) is 47.7 Å². The number of aromatic nitrogens is 3. The molecule has 0 spiro atoms. The van der Waals surface area contributed by atoms with Gasteiger partial charge in [0.05, 0.1) is 5.52 Å². The average molecular weight is 338 g/mol. The molecule has 25 heavy (non-hydrogen) atoms. The number of hydrogen-bond acceptors (Lipinski definition) is 4. The maximum Gasteiger partial charge on any atom is 0.316 e. The summed E-state index contributed by atoms with van der Waals surface area (Å²) in [6, 6.07) is 8.26. The van der Waals surface area contributed by atoms with Gasteiger partial charge in [-0.1, -0.05) is 30.3 Å². The summed E-state index contributed by atoms with van der Waals surface area (Å²) in [4.78, 5) is 18.7. The summed E-state index contributed by atoms with van der Waals surface area (Å²) in [6.07, 6.45) is 4.78. The van der Waals surface area contributed by atoms with Crippen molar-refractivity contribution in [3.63, 3.8) is 0 Å². The zero-order valence-corrected chi connectivity index (χ0v) is 14.6. The fourth-order valence-electron chi connectivity index (χ4n) is 3.68. The van der Waals surface area contributed by atoms with Gasteiger partial charge in [0.15, 0.2) is 5.82 Å². The number of benzene rings is 1. The van der Waals surface area contributed by atoms with Crippen LogP contribution in [-0.4, -0.2) is 38.6 Å². The molecule has 0 N–H and O–H groups in total. The normalized spacial score (nSPS) is 18.0. The summed E-state index contributed by atoms with van der Waals surface area (Å²) < 4.78 is 7.34. The summed E-state index contributed by atoms with van der Waals surface area (Å²) >= 11 is 0. The van der Waals surface area contributed by atoms with Crippen LogP contribution in [0.4, 0.5) is 0 Å². The van der Waals surface area contributed by atoms with Crippen LogP contribution in [0.25, 0.3) is 10.9 Å². The van der Waals surface area contributed by atoms with E-state index in [-0.39, 0.29) is 11.8 Å². The molecule has 1 aliphatic rings. The Labute approximate surface area is 146 Å². The number of carbonyl (C=O) groups excluding carboxylic acids is 1. The minimum Gasteiger partial charge on any atom is -0.350 e. The van der Waals surface area contributed by atoms with Gasteiger partial charge in [-0.2, -0.15) is 4.98 Å². The van der Waals surface area contributed by atoms with E-state index in [0.717, 1.165) is 30.6 Å². The molecule has 130 valence electrons. The van der Waals surface area contributed by atoms with Gasteiger partial charge >= 0.3 is 11.8 Å². The van der Waals surface area contributed by atoms with Crippen LogP contribution >= 0.6 is 0 Å². The van der Waals surface area contributed by atoms with Gasteiger partial charge in [-0.3, -0.25) is 4.79 Å². The number of rotatable bonds is 3. The highest BCUT2D eigenvalue weighted by Crippen LogP contribution is 2.22. The maximum atomic E-state index is 12.6. The molecule has 1 aromatic carbocycles. The first-order valence-corrected chi connectivity index (χ1v) is 8.76. The number of fused-ring (bicyclic) bond motifs is 1. The minimum absolute atomic E-state index is 0.100. The van der Waals surface area contributed by atoms with Crippen molar-refractivity contribution in [2.75, 3.05) is 13.1 Å². The lowest BCUT2D eigenvalue weighted by molar-refractivity contribution is 0.0633. The Balaban J connectivity index is 1.55. The van der Waals surface area contributed by atoms with Crippen LogP contribution in [0.1, 0.15) is 41.8 Å². The van der Waals surface area contributed by atoms with E-state index in [9.17, 15) is 4.79 Å². The van der Waals surface area contributed by atoms with Gasteiger partial charge in [0, 0.05) is 32.8 Å². The average Bonchev–Trinajstić information content (AvgIpc) is 3.22. The van der Waals surface area contributed by atoms with Crippen molar-refractivity contribution < 1.29 is 9.32 Å². The van der Waals surface area contributed by atoms with Crippen molar-refractivity contribution in [3.8, 4) is 0 Å². The first-order valence-electron chi connectivity index (χ1n) is 8.76. The minimum atomic E-state index is -0.151. The van der Waals surface area contributed by atoms with Crippen LogP contribution in [0.2, 0.25) is 0 Å². The Hall–Kier alpha value is -2.63. The van der Waals surface area contributed by atoms with Crippen molar-refractivity contribution >= 4 is 16.8 Å². The Morgan fingerprint density at radius 1 is 1.36 bits per heavy atom. The molecule has 1 amide bonds. The van der Waals surface area contributed by atoms with Gasteiger partial charge in [-0.25, -0.2) is 0 Å².